The highest BCUT2D eigenvalue weighted by Crippen LogP contribution is 2.15. The summed E-state index contributed by atoms with van der Waals surface area (Å²) in [4.78, 5) is 15.6. The molecule has 0 fully saturated rings. The Hall–Kier alpha value is -1.95. The largest absolute Gasteiger partial charge is 0.352 e. The summed E-state index contributed by atoms with van der Waals surface area (Å²) in [7, 11) is 0. The van der Waals surface area contributed by atoms with Gasteiger partial charge in [-0.1, -0.05) is 11.6 Å². The van der Waals surface area contributed by atoms with Crippen molar-refractivity contribution in [3.05, 3.63) is 46.8 Å². The Bertz CT molecular complexity index is 544. The van der Waals surface area contributed by atoms with Gasteiger partial charge in [-0.3, -0.25) is 9.89 Å². The van der Waals surface area contributed by atoms with Crippen molar-refractivity contribution in [3.63, 3.8) is 0 Å². The first-order chi connectivity index (χ1) is 8.66. The molecule has 5 nitrogen and oxygen atoms in total. The van der Waals surface area contributed by atoms with Gasteiger partial charge >= 0.3 is 0 Å². The summed E-state index contributed by atoms with van der Waals surface area (Å²) < 4.78 is 12.9. The molecular weight excluding hydrogens is 259 g/mol. The molecule has 0 aliphatic rings. The molecule has 1 amide bonds. The molecule has 0 aliphatic heterocycles. The van der Waals surface area contributed by atoms with E-state index in [1.807, 2.05) is 0 Å². The highest BCUT2D eigenvalue weighted by Gasteiger charge is 2.08. The van der Waals surface area contributed by atoms with Crippen LogP contribution in [0.15, 0.2) is 24.5 Å². The monoisotopic (exact) mass is 268 g/mol. The molecule has 0 unspecified atom stereocenters. The average molecular weight is 269 g/mol. The van der Waals surface area contributed by atoms with E-state index < -0.39 is 5.82 Å². The number of carbonyl (C=O) groups is 1. The number of benzene rings is 1. The van der Waals surface area contributed by atoms with Crippen molar-refractivity contribution in [3.8, 4) is 0 Å². The molecule has 18 heavy (non-hydrogen) atoms. The van der Waals surface area contributed by atoms with Gasteiger partial charge in [0.25, 0.3) is 5.91 Å². The van der Waals surface area contributed by atoms with Gasteiger partial charge in [0.15, 0.2) is 0 Å². The Morgan fingerprint density at radius 2 is 2.33 bits per heavy atom. The second-order valence-electron chi connectivity index (χ2n) is 3.57. The van der Waals surface area contributed by atoms with Crippen molar-refractivity contribution in [2.24, 2.45) is 0 Å². The van der Waals surface area contributed by atoms with Gasteiger partial charge in [0.1, 0.15) is 18.0 Å². The van der Waals surface area contributed by atoms with Crippen LogP contribution in [0, 0.1) is 5.82 Å². The predicted molar refractivity (Wildman–Crippen MR) is 63.8 cm³/mol. The van der Waals surface area contributed by atoms with Crippen molar-refractivity contribution in [1.29, 1.82) is 0 Å². The van der Waals surface area contributed by atoms with Gasteiger partial charge < -0.3 is 5.32 Å². The summed E-state index contributed by atoms with van der Waals surface area (Å²) in [6.45, 7) is 0.406. The van der Waals surface area contributed by atoms with E-state index in [9.17, 15) is 9.18 Å². The quantitative estimate of drug-likeness (QED) is 0.884. The van der Waals surface area contributed by atoms with Crippen LogP contribution in [0.1, 0.15) is 16.2 Å². The number of nitrogens with zero attached hydrogens (tertiary/aromatic N) is 2. The van der Waals surface area contributed by atoms with E-state index in [-0.39, 0.29) is 10.9 Å². The molecule has 0 spiro atoms. The summed E-state index contributed by atoms with van der Waals surface area (Å²) in [5.74, 6) is -0.168. The Balaban J connectivity index is 1.89. The summed E-state index contributed by atoms with van der Waals surface area (Å²) in [6.07, 6.45) is 1.94. The number of rotatable bonds is 4. The second-order valence-corrected chi connectivity index (χ2v) is 3.97. The van der Waals surface area contributed by atoms with Gasteiger partial charge in [-0.25, -0.2) is 9.37 Å². The molecule has 94 valence electrons. The molecule has 2 rings (SSSR count). The lowest BCUT2D eigenvalue weighted by atomic mass is 10.2. The molecule has 1 heterocycles. The van der Waals surface area contributed by atoms with E-state index >= 15 is 0 Å². The van der Waals surface area contributed by atoms with Crippen molar-refractivity contribution < 1.29 is 9.18 Å². The van der Waals surface area contributed by atoms with E-state index in [1.165, 1.54) is 18.5 Å². The van der Waals surface area contributed by atoms with Crippen molar-refractivity contribution in [2.45, 2.75) is 6.42 Å². The minimum atomic E-state index is -0.546. The standard InChI is InChI=1S/C11H10ClFN4O/c12-8-5-7(1-2-9(8)13)11(18)14-4-3-10-15-6-16-17-10/h1-2,5-6H,3-4H2,(H,14,18)(H,15,16,17). The van der Waals surface area contributed by atoms with Crippen LogP contribution in [0.25, 0.3) is 0 Å². The van der Waals surface area contributed by atoms with Crippen LogP contribution in [0.2, 0.25) is 5.02 Å². The third-order valence-corrected chi connectivity index (χ3v) is 2.58. The maximum atomic E-state index is 12.9. The molecule has 0 atom stereocenters. The van der Waals surface area contributed by atoms with Crippen LogP contribution in [-0.2, 0) is 6.42 Å². The van der Waals surface area contributed by atoms with Crippen LogP contribution in [-0.4, -0.2) is 27.6 Å². The van der Waals surface area contributed by atoms with Gasteiger partial charge in [-0.15, -0.1) is 0 Å². The number of amides is 1. The SMILES string of the molecule is O=C(NCCc1ncn[nH]1)c1ccc(F)c(Cl)c1. The maximum Gasteiger partial charge on any atom is 0.251 e. The van der Waals surface area contributed by atoms with Gasteiger partial charge in [0, 0.05) is 18.5 Å². The Labute approximate surface area is 107 Å². The average Bonchev–Trinajstić information content (AvgIpc) is 2.85. The first-order valence-electron chi connectivity index (χ1n) is 5.24. The van der Waals surface area contributed by atoms with Crippen LogP contribution in [0.3, 0.4) is 0 Å². The fraction of sp³-hybridized carbons (Fsp3) is 0.182. The topological polar surface area (TPSA) is 70.7 Å². The zero-order valence-electron chi connectivity index (χ0n) is 9.28. The number of nitrogens with one attached hydrogen (secondary N) is 2. The van der Waals surface area contributed by atoms with Crippen molar-refractivity contribution in [2.75, 3.05) is 6.54 Å². The fourth-order valence-electron chi connectivity index (χ4n) is 1.39. The summed E-state index contributed by atoms with van der Waals surface area (Å²) >= 11 is 5.59. The number of aromatic amines is 1. The molecule has 2 N–H and O–H groups in total. The predicted octanol–water partition coefficient (Wildman–Crippen LogP) is 1.57. The lowest BCUT2D eigenvalue weighted by molar-refractivity contribution is 0.0954. The first kappa shape index (κ1) is 12.5. The molecule has 1 aromatic carbocycles. The van der Waals surface area contributed by atoms with Gasteiger partial charge in [-0.2, -0.15) is 5.10 Å². The molecule has 0 saturated heterocycles. The lowest BCUT2D eigenvalue weighted by Crippen LogP contribution is -2.26. The van der Waals surface area contributed by atoms with Crippen molar-refractivity contribution in [1.82, 2.24) is 20.5 Å². The van der Waals surface area contributed by atoms with E-state index in [2.05, 4.69) is 20.5 Å². The molecular formula is C11H10ClFN4O. The zero-order valence-corrected chi connectivity index (χ0v) is 10.0. The second kappa shape index (κ2) is 5.59. The minimum Gasteiger partial charge on any atom is -0.352 e. The highest BCUT2D eigenvalue weighted by molar-refractivity contribution is 6.31. The van der Waals surface area contributed by atoms with E-state index in [0.717, 1.165) is 6.07 Å². The summed E-state index contributed by atoms with van der Waals surface area (Å²) in [5.41, 5.74) is 0.318. The number of hydrogen-bond donors (Lipinski definition) is 2. The van der Waals surface area contributed by atoms with E-state index in [1.54, 1.807) is 0 Å². The summed E-state index contributed by atoms with van der Waals surface area (Å²) in [5, 5.41) is 8.98. The Morgan fingerprint density at radius 1 is 1.50 bits per heavy atom. The molecule has 0 radical (unpaired) electrons. The van der Waals surface area contributed by atoms with Crippen molar-refractivity contribution >= 4 is 17.5 Å². The molecule has 1 aromatic heterocycles. The van der Waals surface area contributed by atoms with Crippen LogP contribution >= 0.6 is 11.6 Å². The molecule has 0 aliphatic carbocycles. The first-order valence-corrected chi connectivity index (χ1v) is 5.62. The molecule has 0 bridgehead atoms. The number of carbonyl (C=O) groups excluding carboxylic acids is 1. The fourth-order valence-corrected chi connectivity index (χ4v) is 1.57. The molecule has 0 saturated carbocycles. The number of aromatic nitrogens is 3. The summed E-state index contributed by atoms with van der Waals surface area (Å²) in [6, 6.07) is 3.83. The third-order valence-electron chi connectivity index (χ3n) is 2.29. The Kier molecular flexibility index (Phi) is 3.88. The number of halogens is 2. The number of H-pyrrole nitrogens is 1. The van der Waals surface area contributed by atoms with E-state index in [4.69, 9.17) is 11.6 Å². The third kappa shape index (κ3) is 3.04. The maximum absolute atomic E-state index is 12.9. The van der Waals surface area contributed by atoms with Gasteiger partial charge in [-0.05, 0) is 18.2 Å². The number of hydrogen-bond acceptors (Lipinski definition) is 3. The normalized spacial score (nSPS) is 10.3. The lowest BCUT2D eigenvalue weighted by Gasteiger charge is -2.04. The van der Waals surface area contributed by atoms with Gasteiger partial charge in [0.2, 0.25) is 0 Å². The Morgan fingerprint density at radius 3 is 3.00 bits per heavy atom. The van der Waals surface area contributed by atoms with Crippen LogP contribution in [0.4, 0.5) is 4.39 Å². The van der Waals surface area contributed by atoms with Gasteiger partial charge in [0.05, 0.1) is 5.02 Å². The smallest absolute Gasteiger partial charge is 0.251 e. The van der Waals surface area contributed by atoms with Crippen LogP contribution < -0.4 is 5.32 Å². The highest BCUT2D eigenvalue weighted by atomic mass is 35.5. The molecule has 2 aromatic rings. The molecule has 7 heteroatoms. The van der Waals surface area contributed by atoms with Crippen LogP contribution in [0.5, 0.6) is 0 Å². The zero-order chi connectivity index (χ0) is 13.0. The minimum absolute atomic E-state index is 0.0714. The van der Waals surface area contributed by atoms with E-state index in [0.29, 0.717) is 24.4 Å².